The highest BCUT2D eigenvalue weighted by Gasteiger charge is 1.93. The summed E-state index contributed by atoms with van der Waals surface area (Å²) in [6.45, 7) is 19.4. The average Bonchev–Trinajstić information content (AvgIpc) is 2.47. The van der Waals surface area contributed by atoms with Gasteiger partial charge in [0.1, 0.15) is 0 Å². The molecule has 0 aliphatic carbocycles. The molecule has 0 heteroatoms. The van der Waals surface area contributed by atoms with Gasteiger partial charge in [0.15, 0.2) is 0 Å². The molecule has 0 amide bonds. The molecule has 0 atom stereocenters. The van der Waals surface area contributed by atoms with Gasteiger partial charge < -0.3 is 0 Å². The monoisotopic (exact) mass is 246 g/mol. The van der Waals surface area contributed by atoms with Gasteiger partial charge in [-0.15, -0.1) is 0 Å². The molecule has 0 saturated carbocycles. The fourth-order valence-corrected chi connectivity index (χ4v) is 1.01. The predicted octanol–water partition coefficient (Wildman–Crippen LogP) is 6.42. The summed E-state index contributed by atoms with van der Waals surface area (Å²) in [7, 11) is 0. The van der Waals surface area contributed by atoms with Crippen LogP contribution in [0.2, 0.25) is 0 Å². The Bertz CT molecular complexity index is 296. The second-order valence-electron chi connectivity index (χ2n) is 2.69. The Hall–Kier alpha value is -1.56. The van der Waals surface area contributed by atoms with Gasteiger partial charge in [0, 0.05) is 0 Å². The van der Waals surface area contributed by atoms with Crippen molar-refractivity contribution in [2.75, 3.05) is 0 Å². The molecule has 0 radical (unpaired) electrons. The molecule has 0 bridgehead atoms. The Morgan fingerprint density at radius 3 is 1.72 bits per heavy atom. The van der Waals surface area contributed by atoms with E-state index in [9.17, 15) is 0 Å². The van der Waals surface area contributed by atoms with Crippen LogP contribution in [0.5, 0.6) is 0 Å². The first-order valence-corrected chi connectivity index (χ1v) is 6.71. The van der Waals surface area contributed by atoms with Crippen LogP contribution >= 0.6 is 0 Å². The molecular formula is C18H30. The molecule has 0 nitrogen and oxygen atoms in total. The van der Waals surface area contributed by atoms with Crippen LogP contribution in [0.3, 0.4) is 0 Å². The minimum Gasteiger partial charge on any atom is -0.0991 e. The standard InChI is InChI=1S/C14H18.2C2H6/c1-5-9-11-13(7-3)14(8-4)12-10-6-2;2*1-2/h5-12H,1,4H2,2-3H3;2*1-2H3/b10-6-,11-9-,13-7-,14-12-;;. The number of hydrogen-bond acceptors (Lipinski definition) is 0. The summed E-state index contributed by atoms with van der Waals surface area (Å²) >= 11 is 0. The molecule has 0 aliphatic rings. The number of rotatable bonds is 5. The maximum Gasteiger partial charge on any atom is -0.0193 e. The Balaban J connectivity index is -0.000000506. The van der Waals surface area contributed by atoms with E-state index in [-0.39, 0.29) is 0 Å². The topological polar surface area (TPSA) is 0 Å². The summed E-state index contributed by atoms with van der Waals surface area (Å²) in [5.74, 6) is 0. The third-order valence-electron chi connectivity index (χ3n) is 1.74. The summed E-state index contributed by atoms with van der Waals surface area (Å²) in [6, 6.07) is 0. The quantitative estimate of drug-likeness (QED) is 0.491. The molecule has 0 aliphatic heterocycles. The van der Waals surface area contributed by atoms with E-state index >= 15 is 0 Å². The lowest BCUT2D eigenvalue weighted by molar-refractivity contribution is 1.50. The third-order valence-corrected chi connectivity index (χ3v) is 1.74. The van der Waals surface area contributed by atoms with Crippen molar-refractivity contribution in [1.82, 2.24) is 0 Å². The van der Waals surface area contributed by atoms with Crippen LogP contribution in [0, 0.1) is 0 Å². The van der Waals surface area contributed by atoms with Crippen LogP contribution in [0.1, 0.15) is 41.5 Å². The second-order valence-corrected chi connectivity index (χ2v) is 2.69. The minimum absolute atomic E-state index is 1.11. The number of hydrogen-bond donors (Lipinski definition) is 0. The van der Waals surface area contributed by atoms with E-state index in [1.165, 1.54) is 0 Å². The first-order valence-electron chi connectivity index (χ1n) is 6.71. The summed E-state index contributed by atoms with van der Waals surface area (Å²) in [6.07, 6.45) is 15.6. The van der Waals surface area contributed by atoms with Crippen LogP contribution in [0.15, 0.2) is 72.9 Å². The smallest absolute Gasteiger partial charge is 0.0193 e. The predicted molar refractivity (Wildman–Crippen MR) is 88.9 cm³/mol. The first kappa shape index (κ1) is 21.7. The van der Waals surface area contributed by atoms with E-state index < -0.39 is 0 Å². The molecule has 102 valence electrons. The van der Waals surface area contributed by atoms with Crippen molar-refractivity contribution >= 4 is 0 Å². The molecule has 0 rings (SSSR count). The first-order chi connectivity index (χ1) is 8.79. The highest BCUT2D eigenvalue weighted by molar-refractivity contribution is 5.47. The molecule has 0 spiro atoms. The zero-order valence-corrected chi connectivity index (χ0v) is 13.0. The lowest BCUT2D eigenvalue weighted by Crippen LogP contribution is -1.81. The van der Waals surface area contributed by atoms with Gasteiger partial charge in [-0.25, -0.2) is 0 Å². The van der Waals surface area contributed by atoms with Crippen molar-refractivity contribution in [3.8, 4) is 0 Å². The molecule has 0 N–H and O–H groups in total. The molecular weight excluding hydrogens is 216 g/mol. The van der Waals surface area contributed by atoms with Gasteiger partial charge in [-0.05, 0) is 25.0 Å². The Labute approximate surface area is 115 Å². The Morgan fingerprint density at radius 1 is 0.833 bits per heavy atom. The van der Waals surface area contributed by atoms with E-state index in [1.807, 2.05) is 78.0 Å². The third kappa shape index (κ3) is 12.5. The maximum atomic E-state index is 3.79. The van der Waals surface area contributed by atoms with E-state index in [2.05, 4.69) is 19.2 Å². The van der Waals surface area contributed by atoms with Crippen molar-refractivity contribution < 1.29 is 0 Å². The zero-order chi connectivity index (χ0) is 14.8. The van der Waals surface area contributed by atoms with Gasteiger partial charge in [-0.2, -0.15) is 0 Å². The minimum atomic E-state index is 1.11. The van der Waals surface area contributed by atoms with Crippen molar-refractivity contribution in [1.29, 1.82) is 0 Å². The van der Waals surface area contributed by atoms with Crippen LogP contribution < -0.4 is 0 Å². The Morgan fingerprint density at radius 2 is 1.39 bits per heavy atom. The molecule has 0 fully saturated rings. The van der Waals surface area contributed by atoms with Crippen molar-refractivity contribution in [3.63, 3.8) is 0 Å². The lowest BCUT2D eigenvalue weighted by Gasteiger charge is -2.00. The number of allylic oxidation sites excluding steroid dienone is 10. The van der Waals surface area contributed by atoms with Gasteiger partial charge in [0.25, 0.3) is 0 Å². The van der Waals surface area contributed by atoms with Crippen molar-refractivity contribution in [3.05, 3.63) is 72.9 Å². The fourth-order valence-electron chi connectivity index (χ4n) is 1.01. The summed E-state index contributed by atoms with van der Waals surface area (Å²) in [5, 5.41) is 0. The van der Waals surface area contributed by atoms with Crippen molar-refractivity contribution in [2.45, 2.75) is 41.5 Å². The molecule has 0 aromatic carbocycles. The highest BCUT2D eigenvalue weighted by Crippen LogP contribution is 2.12. The van der Waals surface area contributed by atoms with Crippen LogP contribution in [0.25, 0.3) is 0 Å². The van der Waals surface area contributed by atoms with E-state index in [0.29, 0.717) is 0 Å². The molecule has 18 heavy (non-hydrogen) atoms. The van der Waals surface area contributed by atoms with Gasteiger partial charge in [0.05, 0.1) is 0 Å². The van der Waals surface area contributed by atoms with Gasteiger partial charge in [-0.3, -0.25) is 0 Å². The lowest BCUT2D eigenvalue weighted by atomic mass is 10.0. The van der Waals surface area contributed by atoms with E-state index in [4.69, 9.17) is 0 Å². The van der Waals surface area contributed by atoms with E-state index in [0.717, 1.165) is 11.1 Å². The van der Waals surface area contributed by atoms with Gasteiger partial charge >= 0.3 is 0 Å². The van der Waals surface area contributed by atoms with Crippen LogP contribution in [-0.4, -0.2) is 0 Å². The molecule has 0 unspecified atom stereocenters. The fraction of sp³-hybridized carbons (Fsp3) is 0.333. The van der Waals surface area contributed by atoms with Gasteiger partial charge in [-0.1, -0.05) is 89.5 Å². The normalized spacial score (nSPS) is 11.4. The van der Waals surface area contributed by atoms with Crippen LogP contribution in [-0.2, 0) is 0 Å². The molecule has 0 aromatic heterocycles. The SMILES string of the molecule is C=C\C=C/C(=C/C)C(/C=C)=C\C=C/C.CC.CC. The molecule has 0 aromatic rings. The van der Waals surface area contributed by atoms with Crippen molar-refractivity contribution in [2.24, 2.45) is 0 Å². The maximum absolute atomic E-state index is 3.79. The molecule has 0 saturated heterocycles. The summed E-state index contributed by atoms with van der Waals surface area (Å²) in [5.41, 5.74) is 2.27. The Kier molecular flexibility index (Phi) is 25.1. The van der Waals surface area contributed by atoms with Gasteiger partial charge in [0.2, 0.25) is 0 Å². The van der Waals surface area contributed by atoms with Crippen LogP contribution in [0.4, 0.5) is 0 Å². The molecule has 0 heterocycles. The van der Waals surface area contributed by atoms with E-state index in [1.54, 1.807) is 6.08 Å². The largest absolute Gasteiger partial charge is 0.0991 e. The second kappa shape index (κ2) is 20.8. The average molecular weight is 246 g/mol. The summed E-state index contributed by atoms with van der Waals surface area (Å²) < 4.78 is 0. The zero-order valence-electron chi connectivity index (χ0n) is 13.0. The highest BCUT2D eigenvalue weighted by atomic mass is 14.0. The summed E-state index contributed by atoms with van der Waals surface area (Å²) in [4.78, 5) is 0.